The Bertz CT molecular complexity index is 565. The number of rotatable bonds is 3. The fraction of sp³-hybridized carbons (Fsp3) is 0.231. The van der Waals surface area contributed by atoms with Gasteiger partial charge in [-0.15, -0.1) is 0 Å². The minimum absolute atomic E-state index is 0.0510. The normalized spacial score (nSPS) is 12.2. The lowest BCUT2D eigenvalue weighted by Gasteiger charge is -2.14. The first-order valence-electron chi connectivity index (χ1n) is 5.62. The fourth-order valence-corrected chi connectivity index (χ4v) is 2.14. The molecule has 0 aliphatic carbocycles. The van der Waals surface area contributed by atoms with Crippen LogP contribution in [0.5, 0.6) is 0 Å². The van der Waals surface area contributed by atoms with Crippen molar-refractivity contribution in [1.29, 1.82) is 0 Å². The smallest absolute Gasteiger partial charge is 0.270 e. The number of hydrogen-bond donors (Lipinski definition) is 1. The van der Waals surface area contributed by atoms with Crippen LogP contribution in [0.3, 0.4) is 0 Å². The highest BCUT2D eigenvalue weighted by Gasteiger charge is 2.14. The number of halogens is 1. The van der Waals surface area contributed by atoms with Crippen LogP contribution in [0.4, 0.5) is 0 Å². The summed E-state index contributed by atoms with van der Waals surface area (Å²) in [4.78, 5) is 12.0. The standard InChI is InChI=1S/C13H14BrN3O/c1-9(10-4-3-5-11(14)8-10)16-13(18)12-6-7-15-17(12)2/h3-9H,1-2H3,(H,16,18). The molecule has 0 radical (unpaired) electrons. The Morgan fingerprint density at radius 3 is 2.83 bits per heavy atom. The van der Waals surface area contributed by atoms with Gasteiger partial charge in [-0.2, -0.15) is 5.10 Å². The molecule has 1 amide bonds. The number of aryl methyl sites for hydroxylation is 1. The molecule has 4 nitrogen and oxygen atoms in total. The number of benzene rings is 1. The first kappa shape index (κ1) is 12.8. The van der Waals surface area contributed by atoms with Crippen molar-refractivity contribution in [2.45, 2.75) is 13.0 Å². The van der Waals surface area contributed by atoms with E-state index in [2.05, 4.69) is 26.3 Å². The van der Waals surface area contributed by atoms with E-state index in [1.165, 1.54) is 0 Å². The summed E-state index contributed by atoms with van der Waals surface area (Å²) in [6.45, 7) is 1.95. The van der Waals surface area contributed by atoms with Gasteiger partial charge in [-0.05, 0) is 30.7 Å². The van der Waals surface area contributed by atoms with Crippen LogP contribution in [0, 0.1) is 0 Å². The lowest BCUT2D eigenvalue weighted by Crippen LogP contribution is -2.28. The maximum atomic E-state index is 12.0. The zero-order valence-electron chi connectivity index (χ0n) is 10.2. The van der Waals surface area contributed by atoms with E-state index in [1.54, 1.807) is 24.0 Å². The Hall–Kier alpha value is -1.62. The number of amides is 1. The molecule has 5 heteroatoms. The number of nitrogens with zero attached hydrogens (tertiary/aromatic N) is 2. The minimum Gasteiger partial charge on any atom is -0.344 e. The number of carbonyl (C=O) groups is 1. The van der Waals surface area contributed by atoms with Gasteiger partial charge in [-0.3, -0.25) is 9.48 Å². The molecule has 1 heterocycles. The highest BCUT2D eigenvalue weighted by Crippen LogP contribution is 2.18. The quantitative estimate of drug-likeness (QED) is 0.947. The lowest BCUT2D eigenvalue weighted by molar-refractivity contribution is 0.0930. The first-order chi connectivity index (χ1) is 8.58. The van der Waals surface area contributed by atoms with E-state index in [-0.39, 0.29) is 11.9 Å². The van der Waals surface area contributed by atoms with Crippen LogP contribution >= 0.6 is 15.9 Å². The topological polar surface area (TPSA) is 46.9 Å². The van der Waals surface area contributed by atoms with E-state index in [1.807, 2.05) is 31.2 Å². The van der Waals surface area contributed by atoms with Crippen LogP contribution in [-0.2, 0) is 7.05 Å². The molecule has 18 heavy (non-hydrogen) atoms. The summed E-state index contributed by atoms with van der Waals surface area (Å²) >= 11 is 3.42. The maximum Gasteiger partial charge on any atom is 0.270 e. The summed E-state index contributed by atoms with van der Waals surface area (Å²) in [5.74, 6) is -0.123. The van der Waals surface area contributed by atoms with Crippen LogP contribution in [0.25, 0.3) is 0 Å². The molecular weight excluding hydrogens is 294 g/mol. The molecule has 1 atom stereocenters. The second-order valence-electron chi connectivity index (χ2n) is 4.09. The minimum atomic E-state index is -0.123. The third kappa shape index (κ3) is 2.79. The Labute approximate surface area is 114 Å². The number of hydrogen-bond acceptors (Lipinski definition) is 2. The molecule has 0 aliphatic heterocycles. The molecule has 1 unspecified atom stereocenters. The molecule has 0 aliphatic rings. The van der Waals surface area contributed by atoms with Gasteiger partial charge in [0, 0.05) is 17.7 Å². The van der Waals surface area contributed by atoms with Gasteiger partial charge in [0.1, 0.15) is 5.69 Å². The average Bonchev–Trinajstić information content (AvgIpc) is 2.75. The van der Waals surface area contributed by atoms with Crippen LogP contribution in [0.2, 0.25) is 0 Å². The van der Waals surface area contributed by atoms with Gasteiger partial charge in [-0.1, -0.05) is 28.1 Å². The van der Waals surface area contributed by atoms with E-state index >= 15 is 0 Å². The summed E-state index contributed by atoms with van der Waals surface area (Å²) in [6, 6.07) is 9.53. The molecule has 0 fully saturated rings. The molecule has 1 N–H and O–H groups in total. The van der Waals surface area contributed by atoms with Gasteiger partial charge in [0.2, 0.25) is 0 Å². The van der Waals surface area contributed by atoms with E-state index < -0.39 is 0 Å². The van der Waals surface area contributed by atoms with Gasteiger partial charge >= 0.3 is 0 Å². The Morgan fingerprint density at radius 2 is 2.22 bits per heavy atom. The van der Waals surface area contributed by atoms with E-state index in [4.69, 9.17) is 0 Å². The Balaban J connectivity index is 2.10. The lowest BCUT2D eigenvalue weighted by atomic mass is 10.1. The van der Waals surface area contributed by atoms with Crippen molar-refractivity contribution in [2.75, 3.05) is 0 Å². The summed E-state index contributed by atoms with van der Waals surface area (Å²) in [6.07, 6.45) is 1.61. The van der Waals surface area contributed by atoms with Crippen LogP contribution in [-0.4, -0.2) is 15.7 Å². The molecule has 0 bridgehead atoms. The summed E-state index contributed by atoms with van der Waals surface area (Å²) in [5, 5.41) is 6.93. The van der Waals surface area contributed by atoms with Crippen molar-refractivity contribution >= 4 is 21.8 Å². The van der Waals surface area contributed by atoms with Crippen molar-refractivity contribution in [3.63, 3.8) is 0 Å². The predicted molar refractivity (Wildman–Crippen MR) is 73.2 cm³/mol. The number of aromatic nitrogens is 2. The van der Waals surface area contributed by atoms with Gasteiger partial charge in [0.05, 0.1) is 6.04 Å². The molecule has 2 rings (SSSR count). The molecule has 1 aromatic heterocycles. The van der Waals surface area contributed by atoms with Gasteiger partial charge in [0.25, 0.3) is 5.91 Å². The molecule has 0 spiro atoms. The van der Waals surface area contributed by atoms with E-state index in [0.29, 0.717) is 5.69 Å². The number of nitrogens with one attached hydrogen (secondary N) is 1. The van der Waals surface area contributed by atoms with Gasteiger partial charge < -0.3 is 5.32 Å². The van der Waals surface area contributed by atoms with E-state index in [0.717, 1.165) is 10.0 Å². The zero-order chi connectivity index (χ0) is 13.1. The maximum absolute atomic E-state index is 12.0. The molecule has 94 valence electrons. The molecule has 1 aromatic carbocycles. The third-order valence-electron chi connectivity index (χ3n) is 2.75. The fourth-order valence-electron chi connectivity index (χ4n) is 1.73. The first-order valence-corrected chi connectivity index (χ1v) is 6.41. The SMILES string of the molecule is CC(NC(=O)c1ccnn1C)c1cccc(Br)c1. The zero-order valence-corrected chi connectivity index (χ0v) is 11.8. The summed E-state index contributed by atoms with van der Waals surface area (Å²) < 4.78 is 2.56. The van der Waals surface area contributed by atoms with Crippen molar-refractivity contribution in [3.05, 3.63) is 52.3 Å². The number of carbonyl (C=O) groups excluding carboxylic acids is 1. The summed E-state index contributed by atoms with van der Waals surface area (Å²) in [7, 11) is 1.75. The van der Waals surface area contributed by atoms with Crippen molar-refractivity contribution in [2.24, 2.45) is 7.05 Å². The Morgan fingerprint density at radius 1 is 1.44 bits per heavy atom. The molecule has 2 aromatic rings. The van der Waals surface area contributed by atoms with Crippen molar-refractivity contribution in [1.82, 2.24) is 15.1 Å². The average molecular weight is 308 g/mol. The molecule has 0 saturated carbocycles. The van der Waals surface area contributed by atoms with Gasteiger partial charge in [-0.25, -0.2) is 0 Å². The molecular formula is C13H14BrN3O. The Kier molecular flexibility index (Phi) is 3.81. The predicted octanol–water partition coefficient (Wildman–Crippen LogP) is 2.67. The van der Waals surface area contributed by atoms with Gasteiger partial charge in [0.15, 0.2) is 0 Å². The van der Waals surface area contributed by atoms with E-state index in [9.17, 15) is 4.79 Å². The molecule has 0 saturated heterocycles. The van der Waals surface area contributed by atoms with Crippen molar-refractivity contribution < 1.29 is 4.79 Å². The second-order valence-corrected chi connectivity index (χ2v) is 5.01. The highest BCUT2D eigenvalue weighted by molar-refractivity contribution is 9.10. The monoisotopic (exact) mass is 307 g/mol. The second kappa shape index (κ2) is 5.35. The highest BCUT2D eigenvalue weighted by atomic mass is 79.9. The van der Waals surface area contributed by atoms with Crippen LogP contribution < -0.4 is 5.32 Å². The largest absolute Gasteiger partial charge is 0.344 e. The third-order valence-corrected chi connectivity index (χ3v) is 3.24. The summed E-state index contributed by atoms with van der Waals surface area (Å²) in [5.41, 5.74) is 1.61. The van der Waals surface area contributed by atoms with Crippen molar-refractivity contribution in [3.8, 4) is 0 Å². The van der Waals surface area contributed by atoms with Crippen LogP contribution in [0.1, 0.15) is 29.0 Å². The van der Waals surface area contributed by atoms with Crippen LogP contribution in [0.15, 0.2) is 41.0 Å².